The highest BCUT2D eigenvalue weighted by atomic mass is 32.1. The molecule has 1 aliphatic heterocycles. The van der Waals surface area contributed by atoms with Gasteiger partial charge >= 0.3 is 0 Å². The minimum Gasteiger partial charge on any atom is -0.304 e. The first-order chi connectivity index (χ1) is 6.95. The second kappa shape index (κ2) is 3.46. The summed E-state index contributed by atoms with van der Waals surface area (Å²) >= 11 is 3.50. The summed E-state index contributed by atoms with van der Waals surface area (Å²) in [5, 5.41) is 7.83. The van der Waals surface area contributed by atoms with Gasteiger partial charge in [-0.2, -0.15) is 0 Å². The molecule has 2 aromatic rings. The number of aromatic nitrogens is 1. The maximum Gasteiger partial charge on any atom is 0.0856 e. The summed E-state index contributed by atoms with van der Waals surface area (Å²) < 4.78 is 0. The number of hydrogen-bond donors (Lipinski definition) is 1. The first-order valence-corrected chi connectivity index (χ1v) is 6.45. The van der Waals surface area contributed by atoms with E-state index in [1.807, 2.05) is 16.8 Å². The van der Waals surface area contributed by atoms with Gasteiger partial charge in [0.15, 0.2) is 0 Å². The first-order valence-electron chi connectivity index (χ1n) is 4.63. The molecule has 1 N–H and O–H groups in total. The van der Waals surface area contributed by atoms with Crippen LogP contribution in [0.25, 0.3) is 0 Å². The molecule has 2 nitrogen and oxygen atoms in total. The van der Waals surface area contributed by atoms with Crippen LogP contribution in [-0.4, -0.2) is 11.5 Å². The van der Waals surface area contributed by atoms with E-state index in [1.165, 1.54) is 16.1 Å². The minimum absolute atomic E-state index is 0.338. The van der Waals surface area contributed by atoms with E-state index >= 15 is 0 Å². The van der Waals surface area contributed by atoms with Crippen molar-refractivity contribution < 1.29 is 0 Å². The third-order valence-corrected chi connectivity index (χ3v) is 4.16. The molecule has 0 radical (unpaired) electrons. The van der Waals surface area contributed by atoms with Crippen molar-refractivity contribution in [3.8, 4) is 0 Å². The predicted octanol–water partition coefficient (Wildman–Crippen LogP) is 2.44. The van der Waals surface area contributed by atoms with Crippen molar-refractivity contribution in [2.45, 2.75) is 12.5 Å². The Kier molecular flexibility index (Phi) is 2.12. The molecule has 0 aromatic carbocycles. The van der Waals surface area contributed by atoms with Crippen LogP contribution in [0.3, 0.4) is 0 Å². The first kappa shape index (κ1) is 8.59. The van der Waals surface area contributed by atoms with Crippen LogP contribution in [0, 0.1) is 0 Å². The quantitative estimate of drug-likeness (QED) is 0.801. The van der Waals surface area contributed by atoms with Crippen molar-refractivity contribution in [1.82, 2.24) is 10.3 Å². The molecule has 72 valence electrons. The van der Waals surface area contributed by atoms with Crippen LogP contribution in [0.4, 0.5) is 0 Å². The minimum atomic E-state index is 0.338. The second-order valence-corrected chi connectivity index (χ2v) is 5.03. The Labute approximate surface area is 90.6 Å². The zero-order valence-corrected chi connectivity index (χ0v) is 9.20. The smallest absolute Gasteiger partial charge is 0.0856 e. The second-order valence-electron chi connectivity index (χ2n) is 3.36. The molecule has 4 heteroatoms. The summed E-state index contributed by atoms with van der Waals surface area (Å²) in [6.45, 7) is 1.06. The van der Waals surface area contributed by atoms with Crippen molar-refractivity contribution >= 4 is 22.7 Å². The van der Waals surface area contributed by atoms with Crippen LogP contribution in [0.1, 0.15) is 22.2 Å². The molecule has 0 fully saturated rings. The zero-order valence-electron chi connectivity index (χ0n) is 7.56. The highest BCUT2D eigenvalue weighted by molar-refractivity contribution is 7.10. The molecule has 0 spiro atoms. The highest BCUT2D eigenvalue weighted by Crippen LogP contribution is 2.32. The van der Waals surface area contributed by atoms with Gasteiger partial charge in [0, 0.05) is 16.8 Å². The van der Waals surface area contributed by atoms with Gasteiger partial charge in [-0.25, -0.2) is 4.98 Å². The number of thiazole rings is 1. The number of hydrogen-bond acceptors (Lipinski definition) is 4. The molecule has 1 atom stereocenters. The molecule has 0 bridgehead atoms. The van der Waals surface area contributed by atoms with Crippen molar-refractivity contribution in [3.63, 3.8) is 0 Å². The van der Waals surface area contributed by atoms with Gasteiger partial charge in [0.05, 0.1) is 17.2 Å². The van der Waals surface area contributed by atoms with E-state index in [9.17, 15) is 0 Å². The van der Waals surface area contributed by atoms with Crippen LogP contribution < -0.4 is 5.32 Å². The topological polar surface area (TPSA) is 24.9 Å². The van der Waals surface area contributed by atoms with Crippen molar-refractivity contribution in [1.29, 1.82) is 0 Å². The van der Waals surface area contributed by atoms with Crippen molar-refractivity contribution in [2.24, 2.45) is 0 Å². The van der Waals surface area contributed by atoms with Gasteiger partial charge < -0.3 is 5.32 Å². The van der Waals surface area contributed by atoms with E-state index < -0.39 is 0 Å². The lowest BCUT2D eigenvalue weighted by Crippen LogP contribution is -2.29. The average molecular weight is 222 g/mol. The Morgan fingerprint density at radius 3 is 3.36 bits per heavy atom. The molecular weight excluding hydrogens is 212 g/mol. The largest absolute Gasteiger partial charge is 0.304 e. The standard InChI is InChI=1S/C10H10N2S2/c1-3-11-9(8-5-13-6-12-8)10-7(1)2-4-14-10/h2,4-6,9,11H,1,3H2. The Morgan fingerprint density at radius 1 is 1.50 bits per heavy atom. The highest BCUT2D eigenvalue weighted by Gasteiger charge is 2.23. The monoisotopic (exact) mass is 222 g/mol. The lowest BCUT2D eigenvalue weighted by atomic mass is 10.0. The van der Waals surface area contributed by atoms with Gasteiger partial charge in [-0.15, -0.1) is 22.7 Å². The molecule has 1 unspecified atom stereocenters. The Morgan fingerprint density at radius 2 is 2.50 bits per heavy atom. The van der Waals surface area contributed by atoms with Crippen LogP contribution in [0.15, 0.2) is 22.3 Å². The summed E-state index contributed by atoms with van der Waals surface area (Å²) in [6, 6.07) is 2.57. The van der Waals surface area contributed by atoms with Crippen LogP contribution in [-0.2, 0) is 6.42 Å². The summed E-state index contributed by atoms with van der Waals surface area (Å²) in [5.41, 5.74) is 4.56. The summed E-state index contributed by atoms with van der Waals surface area (Å²) in [7, 11) is 0. The molecular formula is C10H10N2S2. The zero-order chi connectivity index (χ0) is 9.38. The number of thiophene rings is 1. The lowest BCUT2D eigenvalue weighted by Gasteiger charge is -2.22. The van der Waals surface area contributed by atoms with Crippen molar-refractivity contribution in [2.75, 3.05) is 6.54 Å². The molecule has 3 rings (SSSR count). The van der Waals surface area contributed by atoms with Crippen LogP contribution in [0.2, 0.25) is 0 Å². The molecule has 2 aromatic heterocycles. The Bertz CT molecular complexity index is 419. The molecule has 1 aliphatic rings. The molecule has 3 heterocycles. The van der Waals surface area contributed by atoms with Gasteiger partial charge in [-0.3, -0.25) is 0 Å². The maximum atomic E-state index is 4.38. The molecule has 0 saturated carbocycles. The van der Waals surface area contributed by atoms with E-state index in [2.05, 4.69) is 27.1 Å². The number of rotatable bonds is 1. The normalized spacial score (nSPS) is 20.7. The Balaban J connectivity index is 2.04. The average Bonchev–Trinajstić information content (AvgIpc) is 2.88. The van der Waals surface area contributed by atoms with Crippen LogP contribution in [0.5, 0.6) is 0 Å². The van der Waals surface area contributed by atoms with E-state index in [1.54, 1.807) is 11.3 Å². The van der Waals surface area contributed by atoms with Crippen molar-refractivity contribution in [3.05, 3.63) is 38.5 Å². The molecule has 0 amide bonds. The van der Waals surface area contributed by atoms with E-state index in [0.29, 0.717) is 6.04 Å². The number of nitrogens with zero attached hydrogens (tertiary/aromatic N) is 1. The fourth-order valence-corrected chi connectivity index (χ4v) is 3.47. The van der Waals surface area contributed by atoms with Gasteiger partial charge in [0.25, 0.3) is 0 Å². The summed E-state index contributed by atoms with van der Waals surface area (Å²) in [4.78, 5) is 5.83. The number of nitrogens with one attached hydrogen (secondary N) is 1. The van der Waals surface area contributed by atoms with Gasteiger partial charge in [0.1, 0.15) is 0 Å². The molecule has 14 heavy (non-hydrogen) atoms. The third-order valence-electron chi connectivity index (χ3n) is 2.53. The molecule has 0 aliphatic carbocycles. The maximum absolute atomic E-state index is 4.38. The van der Waals surface area contributed by atoms with E-state index in [4.69, 9.17) is 0 Å². The van der Waals surface area contributed by atoms with Gasteiger partial charge in [0.2, 0.25) is 0 Å². The Hall–Kier alpha value is -0.710. The predicted molar refractivity (Wildman–Crippen MR) is 60.0 cm³/mol. The SMILES string of the molecule is c1nc(C2NCCc3ccsc32)cs1. The summed E-state index contributed by atoms with van der Waals surface area (Å²) in [6.07, 6.45) is 1.15. The van der Waals surface area contributed by atoms with Gasteiger partial charge in [-0.05, 0) is 23.4 Å². The fourth-order valence-electron chi connectivity index (χ4n) is 1.85. The molecule has 0 saturated heterocycles. The fraction of sp³-hybridized carbons (Fsp3) is 0.300. The third kappa shape index (κ3) is 1.30. The number of fused-ring (bicyclic) bond motifs is 1. The lowest BCUT2D eigenvalue weighted by molar-refractivity contribution is 0.569. The van der Waals surface area contributed by atoms with E-state index in [0.717, 1.165) is 13.0 Å². The van der Waals surface area contributed by atoms with E-state index in [-0.39, 0.29) is 0 Å². The van der Waals surface area contributed by atoms with Crippen LogP contribution >= 0.6 is 22.7 Å². The summed E-state index contributed by atoms with van der Waals surface area (Å²) in [5.74, 6) is 0. The van der Waals surface area contributed by atoms with Gasteiger partial charge in [-0.1, -0.05) is 0 Å².